The zero-order chi connectivity index (χ0) is 16.1. The molecule has 0 spiro atoms. The number of halogens is 2. The van der Waals surface area contributed by atoms with Gasteiger partial charge in [-0.1, -0.05) is 0 Å². The highest BCUT2D eigenvalue weighted by Crippen LogP contribution is 2.52. The summed E-state index contributed by atoms with van der Waals surface area (Å²) in [6, 6.07) is 2.48. The van der Waals surface area contributed by atoms with Gasteiger partial charge in [0.05, 0.1) is 16.6 Å². The average Bonchev–Trinajstić information content (AvgIpc) is 2.98. The van der Waals surface area contributed by atoms with Gasteiger partial charge in [-0.25, -0.2) is 8.42 Å². The first-order chi connectivity index (χ1) is 10.2. The molecular weight excluding hydrogens is 318 g/mol. The van der Waals surface area contributed by atoms with Crippen molar-refractivity contribution in [2.75, 3.05) is 6.26 Å². The highest BCUT2D eigenvalue weighted by molar-refractivity contribution is 7.90. The van der Waals surface area contributed by atoms with Crippen molar-refractivity contribution >= 4 is 9.84 Å². The van der Waals surface area contributed by atoms with E-state index in [0.717, 1.165) is 31.9 Å². The van der Waals surface area contributed by atoms with Gasteiger partial charge in [-0.15, -0.1) is 0 Å². The number of hydrogen-bond acceptors (Lipinski definition) is 5. The van der Waals surface area contributed by atoms with E-state index in [9.17, 15) is 22.3 Å². The third kappa shape index (κ3) is 2.54. The van der Waals surface area contributed by atoms with E-state index in [-0.39, 0.29) is 22.5 Å². The first-order valence-electron chi connectivity index (χ1n) is 6.98. The van der Waals surface area contributed by atoms with Crippen LogP contribution in [0.25, 0.3) is 0 Å². The molecule has 2 aliphatic rings. The Morgan fingerprint density at radius 1 is 1.32 bits per heavy atom. The molecule has 1 aliphatic heterocycles. The molecule has 1 heterocycles. The predicted octanol–water partition coefficient (Wildman–Crippen LogP) is 2.43. The molecule has 5 nitrogen and oxygen atoms in total. The van der Waals surface area contributed by atoms with E-state index >= 15 is 0 Å². The van der Waals surface area contributed by atoms with Gasteiger partial charge in [-0.3, -0.25) is 0 Å². The van der Waals surface area contributed by atoms with Gasteiger partial charge >= 0.3 is 6.11 Å². The molecule has 0 radical (unpaired) electrons. The molecule has 1 aliphatic carbocycles. The summed E-state index contributed by atoms with van der Waals surface area (Å²) >= 11 is 0. The number of aliphatic hydroxyl groups is 1. The molecular formula is C14H16F2O5S. The molecule has 1 aromatic rings. The van der Waals surface area contributed by atoms with E-state index < -0.39 is 27.6 Å². The van der Waals surface area contributed by atoms with Gasteiger partial charge in [0.1, 0.15) is 0 Å². The van der Waals surface area contributed by atoms with Crippen LogP contribution in [-0.2, 0) is 9.84 Å². The average molecular weight is 334 g/mol. The molecule has 122 valence electrons. The Balaban J connectivity index is 2.09. The quantitative estimate of drug-likeness (QED) is 0.919. The number of ether oxygens (including phenoxy) is 2. The minimum atomic E-state index is -3.88. The fourth-order valence-corrected chi connectivity index (χ4v) is 3.81. The Morgan fingerprint density at radius 2 is 1.95 bits per heavy atom. The third-order valence-electron chi connectivity index (χ3n) is 3.95. The summed E-state index contributed by atoms with van der Waals surface area (Å²) < 4.78 is 61.0. The first kappa shape index (κ1) is 15.5. The van der Waals surface area contributed by atoms with E-state index in [4.69, 9.17) is 4.74 Å². The van der Waals surface area contributed by atoms with Crippen LogP contribution < -0.4 is 9.47 Å². The molecule has 0 aromatic heterocycles. The summed E-state index contributed by atoms with van der Waals surface area (Å²) in [7, 11) is -3.78. The molecule has 1 atom stereocenters. The molecule has 1 aromatic carbocycles. The Kier molecular flexibility index (Phi) is 3.56. The number of alkyl halides is 2. The summed E-state index contributed by atoms with van der Waals surface area (Å²) in [5.74, 6) is -0.335. The lowest BCUT2D eigenvalue weighted by molar-refractivity contribution is -0.224. The van der Waals surface area contributed by atoms with Crippen LogP contribution >= 0.6 is 0 Å². The minimum absolute atomic E-state index is 0.0468. The highest BCUT2D eigenvalue weighted by atomic mass is 32.2. The Morgan fingerprint density at radius 3 is 2.55 bits per heavy atom. The zero-order valence-corrected chi connectivity index (χ0v) is 12.7. The van der Waals surface area contributed by atoms with Crippen molar-refractivity contribution in [3.05, 3.63) is 17.7 Å². The lowest BCUT2D eigenvalue weighted by Crippen LogP contribution is -2.26. The second-order valence-corrected chi connectivity index (χ2v) is 7.65. The zero-order valence-electron chi connectivity index (χ0n) is 11.9. The molecule has 1 N–H and O–H groups in total. The first-order valence-corrected chi connectivity index (χ1v) is 8.88. The fraction of sp³-hybridized carbons (Fsp3) is 0.571. The maximum Gasteiger partial charge on any atom is 0.429 e. The van der Waals surface area contributed by atoms with Crippen LogP contribution in [-0.4, -0.2) is 32.0 Å². The van der Waals surface area contributed by atoms with E-state index in [1.165, 1.54) is 12.1 Å². The molecule has 0 bridgehead atoms. The van der Waals surface area contributed by atoms with E-state index in [1.54, 1.807) is 0 Å². The van der Waals surface area contributed by atoms with E-state index in [2.05, 4.69) is 4.74 Å². The van der Waals surface area contributed by atoms with Crippen molar-refractivity contribution in [2.45, 2.75) is 48.9 Å². The SMILES string of the molecule is CS(=O)(=O)c1ccc(OC2CCCC2)c2c1[C@H](O)C(F)(F)O2. The van der Waals surface area contributed by atoms with E-state index in [1.807, 2.05) is 0 Å². The summed E-state index contributed by atoms with van der Waals surface area (Å²) in [4.78, 5) is -0.369. The van der Waals surface area contributed by atoms with Crippen LogP contribution in [0.1, 0.15) is 37.4 Å². The topological polar surface area (TPSA) is 72.8 Å². The minimum Gasteiger partial charge on any atom is -0.487 e. The van der Waals surface area contributed by atoms with Crippen molar-refractivity contribution < 1.29 is 31.8 Å². The Bertz CT molecular complexity index is 695. The maximum absolute atomic E-state index is 13.7. The van der Waals surface area contributed by atoms with Gasteiger partial charge < -0.3 is 14.6 Å². The third-order valence-corrected chi connectivity index (χ3v) is 5.10. The Hall–Kier alpha value is -1.41. The number of rotatable bonds is 3. The summed E-state index contributed by atoms with van der Waals surface area (Å²) in [5, 5.41) is 9.74. The standard InChI is InChI=1S/C14H16F2O5S/c1-22(18,19)10-7-6-9(20-8-4-2-3-5-8)12-11(10)13(17)14(15,16)21-12/h6-8,13,17H,2-5H2,1H3/t13-/m0/s1. The number of fused-ring (bicyclic) bond motifs is 1. The predicted molar refractivity (Wildman–Crippen MR) is 73.0 cm³/mol. The molecule has 3 rings (SSSR count). The van der Waals surface area contributed by atoms with Gasteiger partial charge in [0.25, 0.3) is 0 Å². The van der Waals surface area contributed by atoms with Crippen molar-refractivity contribution in [1.82, 2.24) is 0 Å². The molecule has 22 heavy (non-hydrogen) atoms. The van der Waals surface area contributed by atoms with Crippen LogP contribution in [0.15, 0.2) is 17.0 Å². The fourth-order valence-electron chi connectivity index (χ4n) is 2.89. The highest BCUT2D eigenvalue weighted by Gasteiger charge is 2.53. The van der Waals surface area contributed by atoms with Crippen LogP contribution in [0.2, 0.25) is 0 Å². The molecule has 1 fully saturated rings. The lowest BCUT2D eigenvalue weighted by Gasteiger charge is -2.16. The molecule has 1 saturated carbocycles. The molecule has 8 heteroatoms. The normalized spacial score (nSPS) is 24.1. The lowest BCUT2D eigenvalue weighted by atomic mass is 10.1. The van der Waals surface area contributed by atoms with Gasteiger partial charge in [0, 0.05) is 6.26 Å². The smallest absolute Gasteiger partial charge is 0.429 e. The van der Waals surface area contributed by atoms with Crippen molar-refractivity contribution in [1.29, 1.82) is 0 Å². The molecule has 0 unspecified atom stereocenters. The van der Waals surface area contributed by atoms with Gasteiger partial charge in [-0.2, -0.15) is 8.78 Å². The van der Waals surface area contributed by atoms with Crippen LogP contribution in [0.5, 0.6) is 11.5 Å². The Labute approximate surface area is 126 Å². The van der Waals surface area contributed by atoms with Gasteiger partial charge in [0.2, 0.25) is 0 Å². The van der Waals surface area contributed by atoms with Crippen LogP contribution in [0.3, 0.4) is 0 Å². The number of hydrogen-bond donors (Lipinski definition) is 1. The second-order valence-electron chi connectivity index (χ2n) is 5.67. The molecule has 0 amide bonds. The van der Waals surface area contributed by atoms with Crippen molar-refractivity contribution in [3.63, 3.8) is 0 Å². The van der Waals surface area contributed by atoms with Crippen LogP contribution in [0, 0.1) is 0 Å². The van der Waals surface area contributed by atoms with Crippen LogP contribution in [0.4, 0.5) is 8.78 Å². The van der Waals surface area contributed by atoms with E-state index in [0.29, 0.717) is 0 Å². The van der Waals surface area contributed by atoms with Gasteiger partial charge in [-0.05, 0) is 37.8 Å². The largest absolute Gasteiger partial charge is 0.487 e. The van der Waals surface area contributed by atoms with Gasteiger partial charge in [0.15, 0.2) is 27.4 Å². The summed E-state index contributed by atoms with van der Waals surface area (Å²) in [6.45, 7) is 0. The monoisotopic (exact) mass is 334 g/mol. The molecule has 0 saturated heterocycles. The maximum atomic E-state index is 13.7. The van der Waals surface area contributed by atoms with Crippen molar-refractivity contribution in [3.8, 4) is 11.5 Å². The van der Waals surface area contributed by atoms with Crippen molar-refractivity contribution in [2.24, 2.45) is 0 Å². The number of aliphatic hydroxyl groups excluding tert-OH is 1. The number of benzene rings is 1. The second kappa shape index (κ2) is 5.06. The summed E-state index contributed by atoms with van der Waals surface area (Å²) in [6.07, 6.45) is -1.83. The summed E-state index contributed by atoms with van der Waals surface area (Å²) in [5.41, 5.74) is -0.428. The number of sulfone groups is 1.